The second kappa shape index (κ2) is 3.24. The molecule has 1 saturated heterocycles. The van der Waals surface area contributed by atoms with Gasteiger partial charge in [-0.1, -0.05) is 19.9 Å². The fraction of sp³-hybridized carbons (Fsp3) is 0.571. The third kappa shape index (κ3) is 1.23. The highest BCUT2D eigenvalue weighted by Crippen LogP contribution is 2.46. The fourth-order valence-corrected chi connectivity index (χ4v) is 3.51. The van der Waals surface area contributed by atoms with E-state index < -0.39 is 0 Å². The zero-order valence-corrected chi connectivity index (χ0v) is 9.96. The Morgan fingerprint density at radius 1 is 1.44 bits per heavy atom. The maximum atomic E-state index is 9.67. The summed E-state index contributed by atoms with van der Waals surface area (Å²) in [4.78, 5) is 0. The maximum absolute atomic E-state index is 9.67. The van der Waals surface area contributed by atoms with Crippen molar-refractivity contribution in [2.24, 2.45) is 5.92 Å². The van der Waals surface area contributed by atoms with Gasteiger partial charge in [0.1, 0.15) is 5.75 Å². The molecular formula is C14H19NO. The van der Waals surface area contributed by atoms with E-state index in [1.807, 2.05) is 12.1 Å². The first-order chi connectivity index (χ1) is 7.61. The number of fused-ring (bicyclic) bond motifs is 4. The lowest BCUT2D eigenvalue weighted by Crippen LogP contribution is -2.56. The Morgan fingerprint density at radius 2 is 2.25 bits per heavy atom. The van der Waals surface area contributed by atoms with Gasteiger partial charge in [-0.05, 0) is 54.0 Å². The molecule has 0 unspecified atom stereocenters. The number of rotatable bonds is 0. The average molecular weight is 217 g/mol. The third-order valence-corrected chi connectivity index (χ3v) is 4.81. The molecule has 0 radical (unpaired) electrons. The van der Waals surface area contributed by atoms with Gasteiger partial charge in [0.2, 0.25) is 0 Å². The van der Waals surface area contributed by atoms with Gasteiger partial charge in [0.25, 0.3) is 0 Å². The third-order valence-electron chi connectivity index (χ3n) is 4.81. The monoisotopic (exact) mass is 217 g/mol. The Bertz CT molecular complexity index is 429. The number of hydrogen-bond acceptors (Lipinski definition) is 2. The first-order valence-electron chi connectivity index (χ1n) is 6.17. The minimum Gasteiger partial charge on any atom is -0.508 e. The number of piperidine rings is 1. The predicted octanol–water partition coefficient (Wildman–Crippen LogP) is 2.20. The Morgan fingerprint density at radius 3 is 3.06 bits per heavy atom. The summed E-state index contributed by atoms with van der Waals surface area (Å²) in [5, 5.41) is 13.3. The molecule has 1 fully saturated rings. The Kier molecular flexibility index (Phi) is 2.05. The molecule has 3 rings (SSSR count). The molecule has 1 aromatic rings. The van der Waals surface area contributed by atoms with Gasteiger partial charge in [0, 0.05) is 6.04 Å². The summed E-state index contributed by atoms with van der Waals surface area (Å²) in [5.41, 5.74) is 3.02. The van der Waals surface area contributed by atoms with Crippen molar-refractivity contribution >= 4 is 0 Å². The van der Waals surface area contributed by atoms with Crippen molar-refractivity contribution in [3.05, 3.63) is 29.3 Å². The number of nitrogens with one attached hydrogen (secondary N) is 1. The summed E-state index contributed by atoms with van der Waals surface area (Å²) in [5.74, 6) is 1.06. The average Bonchev–Trinajstić information content (AvgIpc) is 2.25. The van der Waals surface area contributed by atoms with Crippen LogP contribution >= 0.6 is 0 Å². The fourth-order valence-electron chi connectivity index (χ4n) is 3.51. The molecule has 0 aromatic heterocycles. The SMILES string of the molecule is C[C@H]1[C@@H]2Cc3ccc(O)cc3[C@]1(C)CCN2. The summed E-state index contributed by atoms with van der Waals surface area (Å²) >= 11 is 0. The van der Waals surface area contributed by atoms with E-state index >= 15 is 0 Å². The van der Waals surface area contributed by atoms with E-state index in [0.29, 0.717) is 17.7 Å². The molecule has 16 heavy (non-hydrogen) atoms. The van der Waals surface area contributed by atoms with Crippen molar-refractivity contribution in [2.45, 2.75) is 38.1 Å². The zero-order valence-electron chi connectivity index (χ0n) is 9.96. The number of hydrogen-bond donors (Lipinski definition) is 2. The van der Waals surface area contributed by atoms with Crippen molar-refractivity contribution in [1.82, 2.24) is 5.32 Å². The molecule has 2 bridgehead atoms. The van der Waals surface area contributed by atoms with Crippen LogP contribution in [0.1, 0.15) is 31.4 Å². The second-order valence-corrected chi connectivity index (χ2v) is 5.56. The van der Waals surface area contributed by atoms with Crippen LogP contribution in [0, 0.1) is 5.92 Å². The highest BCUT2D eigenvalue weighted by atomic mass is 16.3. The van der Waals surface area contributed by atoms with E-state index in [1.54, 1.807) is 0 Å². The molecule has 2 heteroatoms. The largest absolute Gasteiger partial charge is 0.508 e. The number of phenols is 1. The quantitative estimate of drug-likeness (QED) is 0.698. The van der Waals surface area contributed by atoms with Crippen LogP contribution in [0.25, 0.3) is 0 Å². The molecule has 1 aliphatic heterocycles. The smallest absolute Gasteiger partial charge is 0.115 e. The molecule has 2 nitrogen and oxygen atoms in total. The van der Waals surface area contributed by atoms with E-state index in [4.69, 9.17) is 0 Å². The van der Waals surface area contributed by atoms with Gasteiger partial charge in [-0.25, -0.2) is 0 Å². The van der Waals surface area contributed by atoms with E-state index in [0.717, 1.165) is 13.0 Å². The van der Waals surface area contributed by atoms with Crippen molar-refractivity contribution in [1.29, 1.82) is 0 Å². The summed E-state index contributed by atoms with van der Waals surface area (Å²) in [6, 6.07) is 6.49. The maximum Gasteiger partial charge on any atom is 0.115 e. The van der Waals surface area contributed by atoms with E-state index in [-0.39, 0.29) is 5.41 Å². The lowest BCUT2D eigenvalue weighted by Gasteiger charge is -2.50. The van der Waals surface area contributed by atoms with Gasteiger partial charge in [-0.3, -0.25) is 0 Å². The van der Waals surface area contributed by atoms with E-state index in [2.05, 4.69) is 25.2 Å². The summed E-state index contributed by atoms with van der Waals surface area (Å²) in [7, 11) is 0. The molecule has 86 valence electrons. The molecule has 0 spiro atoms. The van der Waals surface area contributed by atoms with Gasteiger partial charge >= 0.3 is 0 Å². The molecule has 2 aliphatic rings. The van der Waals surface area contributed by atoms with Gasteiger partial charge < -0.3 is 10.4 Å². The first kappa shape index (κ1) is 10.2. The Balaban J connectivity index is 2.18. The zero-order chi connectivity index (χ0) is 11.3. The first-order valence-corrected chi connectivity index (χ1v) is 6.17. The second-order valence-electron chi connectivity index (χ2n) is 5.56. The van der Waals surface area contributed by atoms with Crippen LogP contribution in [0.2, 0.25) is 0 Å². The van der Waals surface area contributed by atoms with Crippen LogP contribution in [-0.4, -0.2) is 17.7 Å². The summed E-state index contributed by atoms with van der Waals surface area (Å²) < 4.78 is 0. The van der Waals surface area contributed by atoms with Crippen LogP contribution in [0.3, 0.4) is 0 Å². The standard InChI is InChI=1S/C14H19NO/c1-9-13-7-10-3-4-11(16)8-12(10)14(9,2)5-6-15-13/h3-4,8-9,13,15-16H,5-7H2,1-2H3/t9-,13-,14+/m0/s1. The summed E-state index contributed by atoms with van der Waals surface area (Å²) in [6.45, 7) is 5.79. The molecule has 2 N–H and O–H groups in total. The number of benzene rings is 1. The number of aromatic hydroxyl groups is 1. The minimum absolute atomic E-state index is 0.238. The van der Waals surface area contributed by atoms with Crippen molar-refractivity contribution in [3.8, 4) is 5.75 Å². The Hall–Kier alpha value is -1.02. The molecule has 0 amide bonds. The highest BCUT2D eigenvalue weighted by Gasteiger charge is 2.45. The predicted molar refractivity (Wildman–Crippen MR) is 64.7 cm³/mol. The normalized spacial score (nSPS) is 36.9. The number of phenolic OH excluding ortho intramolecular Hbond substituents is 1. The topological polar surface area (TPSA) is 32.3 Å². The van der Waals surface area contributed by atoms with Crippen molar-refractivity contribution < 1.29 is 5.11 Å². The van der Waals surface area contributed by atoms with Crippen LogP contribution in [-0.2, 0) is 11.8 Å². The highest BCUT2D eigenvalue weighted by molar-refractivity contribution is 5.44. The molecule has 0 saturated carbocycles. The van der Waals surface area contributed by atoms with Crippen LogP contribution in [0.5, 0.6) is 5.75 Å². The molecule has 1 heterocycles. The molecule has 3 atom stereocenters. The minimum atomic E-state index is 0.238. The van der Waals surface area contributed by atoms with Gasteiger partial charge in [-0.15, -0.1) is 0 Å². The Labute approximate surface area is 96.7 Å². The van der Waals surface area contributed by atoms with Gasteiger partial charge in [-0.2, -0.15) is 0 Å². The lowest BCUT2D eigenvalue weighted by molar-refractivity contribution is 0.158. The molecular weight excluding hydrogens is 198 g/mol. The lowest BCUT2D eigenvalue weighted by atomic mass is 9.59. The van der Waals surface area contributed by atoms with Crippen LogP contribution in [0.4, 0.5) is 0 Å². The van der Waals surface area contributed by atoms with E-state index in [1.165, 1.54) is 17.5 Å². The van der Waals surface area contributed by atoms with Crippen LogP contribution in [0.15, 0.2) is 18.2 Å². The van der Waals surface area contributed by atoms with Gasteiger partial charge in [0.15, 0.2) is 0 Å². The summed E-state index contributed by atoms with van der Waals surface area (Å²) in [6.07, 6.45) is 2.27. The van der Waals surface area contributed by atoms with Crippen LogP contribution < -0.4 is 5.32 Å². The van der Waals surface area contributed by atoms with Crippen molar-refractivity contribution in [3.63, 3.8) is 0 Å². The van der Waals surface area contributed by atoms with Gasteiger partial charge in [0.05, 0.1) is 0 Å². The molecule has 1 aliphatic carbocycles. The van der Waals surface area contributed by atoms with E-state index in [9.17, 15) is 5.11 Å². The molecule has 1 aromatic carbocycles. The van der Waals surface area contributed by atoms with Crippen molar-refractivity contribution in [2.75, 3.05) is 6.54 Å².